The number of benzene rings is 2. The van der Waals surface area contributed by atoms with Gasteiger partial charge in [0.05, 0.1) is 6.21 Å². The Bertz CT molecular complexity index is 562. The van der Waals surface area contributed by atoms with Crippen molar-refractivity contribution in [2.75, 3.05) is 0 Å². The summed E-state index contributed by atoms with van der Waals surface area (Å²) in [6.45, 7) is 2.02. The molecule has 92 valence electrons. The standard InChI is InChI=1S/C14H11Cl2NO/c1-10-3-2-4-11(5-10)9-17-18-14-7-12(15)6-13(16)8-14/h2-9H,1H3/b17-9-. The molecule has 2 rings (SSSR count). The van der Waals surface area contributed by atoms with Crippen LogP contribution in [0.1, 0.15) is 11.1 Å². The number of hydrogen-bond donors (Lipinski definition) is 0. The van der Waals surface area contributed by atoms with Gasteiger partial charge in [-0.3, -0.25) is 0 Å². The first-order valence-corrected chi connectivity index (χ1v) is 6.12. The number of nitrogens with zero attached hydrogens (tertiary/aromatic N) is 1. The Morgan fingerprint density at radius 1 is 1.06 bits per heavy atom. The van der Waals surface area contributed by atoms with Crippen molar-refractivity contribution in [3.63, 3.8) is 0 Å². The zero-order chi connectivity index (χ0) is 13.0. The predicted octanol–water partition coefficient (Wildman–Crippen LogP) is 4.71. The fourth-order valence-corrected chi connectivity index (χ4v) is 1.99. The molecule has 0 fully saturated rings. The summed E-state index contributed by atoms with van der Waals surface area (Å²) in [6, 6.07) is 12.9. The van der Waals surface area contributed by atoms with Gasteiger partial charge in [0.1, 0.15) is 0 Å². The van der Waals surface area contributed by atoms with Crippen molar-refractivity contribution < 1.29 is 4.84 Å². The Morgan fingerprint density at radius 2 is 1.78 bits per heavy atom. The summed E-state index contributed by atoms with van der Waals surface area (Å²) >= 11 is 11.7. The third-order valence-corrected chi connectivity index (χ3v) is 2.67. The molecule has 2 aromatic carbocycles. The van der Waals surface area contributed by atoms with Gasteiger partial charge in [0.2, 0.25) is 0 Å². The van der Waals surface area contributed by atoms with Crippen LogP contribution < -0.4 is 4.84 Å². The van der Waals surface area contributed by atoms with Gasteiger partial charge in [-0.1, -0.05) is 58.2 Å². The van der Waals surface area contributed by atoms with Crippen molar-refractivity contribution in [2.45, 2.75) is 6.92 Å². The predicted molar refractivity (Wildman–Crippen MR) is 75.9 cm³/mol. The van der Waals surface area contributed by atoms with Crippen molar-refractivity contribution in [2.24, 2.45) is 5.16 Å². The number of aryl methyl sites for hydroxylation is 1. The van der Waals surface area contributed by atoms with Gasteiger partial charge in [-0.05, 0) is 18.6 Å². The Morgan fingerprint density at radius 3 is 2.44 bits per heavy atom. The quantitative estimate of drug-likeness (QED) is 0.589. The number of oxime groups is 1. The highest BCUT2D eigenvalue weighted by Gasteiger charge is 1.98. The molecule has 0 aliphatic carbocycles. The van der Waals surface area contributed by atoms with Crippen LogP contribution in [-0.4, -0.2) is 6.21 Å². The molecule has 0 unspecified atom stereocenters. The highest BCUT2D eigenvalue weighted by Crippen LogP contribution is 2.24. The highest BCUT2D eigenvalue weighted by atomic mass is 35.5. The van der Waals surface area contributed by atoms with Crippen LogP contribution >= 0.6 is 23.2 Å². The lowest BCUT2D eigenvalue weighted by molar-refractivity contribution is 0.344. The third-order valence-electron chi connectivity index (χ3n) is 2.24. The van der Waals surface area contributed by atoms with Gasteiger partial charge in [-0.2, -0.15) is 0 Å². The molecule has 4 heteroatoms. The van der Waals surface area contributed by atoms with E-state index in [9.17, 15) is 0 Å². The first-order valence-electron chi connectivity index (χ1n) is 5.36. The van der Waals surface area contributed by atoms with E-state index in [4.69, 9.17) is 28.0 Å². The average Bonchev–Trinajstić information content (AvgIpc) is 2.27. The van der Waals surface area contributed by atoms with E-state index < -0.39 is 0 Å². The molecule has 2 nitrogen and oxygen atoms in total. The maximum absolute atomic E-state index is 5.85. The van der Waals surface area contributed by atoms with Crippen molar-refractivity contribution in [3.8, 4) is 5.75 Å². The Kier molecular flexibility index (Phi) is 4.24. The molecule has 0 aromatic heterocycles. The average molecular weight is 280 g/mol. The fourth-order valence-electron chi connectivity index (χ4n) is 1.48. The van der Waals surface area contributed by atoms with E-state index >= 15 is 0 Å². The zero-order valence-corrected chi connectivity index (χ0v) is 11.2. The van der Waals surface area contributed by atoms with Gasteiger partial charge in [-0.15, -0.1) is 0 Å². The molecule has 0 bridgehead atoms. The van der Waals surface area contributed by atoms with Crippen LogP contribution in [0.15, 0.2) is 47.6 Å². The topological polar surface area (TPSA) is 21.6 Å². The SMILES string of the molecule is Cc1cccc(/C=N\Oc2cc(Cl)cc(Cl)c2)c1. The van der Waals surface area contributed by atoms with Crippen LogP contribution in [0.2, 0.25) is 10.0 Å². The van der Waals surface area contributed by atoms with E-state index in [0.717, 1.165) is 5.56 Å². The molecular formula is C14H11Cl2NO. The number of hydrogen-bond acceptors (Lipinski definition) is 2. The maximum Gasteiger partial charge on any atom is 0.160 e. The summed E-state index contributed by atoms with van der Waals surface area (Å²) in [7, 11) is 0. The van der Waals surface area contributed by atoms with E-state index in [1.165, 1.54) is 5.56 Å². The summed E-state index contributed by atoms with van der Waals surface area (Å²) in [6.07, 6.45) is 1.64. The van der Waals surface area contributed by atoms with Crippen molar-refractivity contribution in [1.29, 1.82) is 0 Å². The molecule has 0 saturated carbocycles. The second-order valence-electron chi connectivity index (χ2n) is 3.85. The maximum atomic E-state index is 5.85. The van der Waals surface area contributed by atoms with E-state index in [-0.39, 0.29) is 0 Å². The lowest BCUT2D eigenvalue weighted by Gasteiger charge is -2.00. The van der Waals surface area contributed by atoms with Gasteiger partial charge in [0.15, 0.2) is 5.75 Å². The Hall–Kier alpha value is -1.51. The minimum atomic E-state index is 0.511. The van der Waals surface area contributed by atoms with E-state index in [1.54, 1.807) is 24.4 Å². The summed E-state index contributed by atoms with van der Waals surface area (Å²) in [5.41, 5.74) is 2.15. The lowest BCUT2D eigenvalue weighted by Crippen LogP contribution is -1.87. The van der Waals surface area contributed by atoms with Gasteiger partial charge < -0.3 is 4.84 Å². The zero-order valence-electron chi connectivity index (χ0n) is 9.73. The van der Waals surface area contributed by atoms with Gasteiger partial charge in [0, 0.05) is 22.2 Å². The molecule has 0 atom stereocenters. The van der Waals surface area contributed by atoms with Crippen LogP contribution in [0.25, 0.3) is 0 Å². The van der Waals surface area contributed by atoms with Gasteiger partial charge in [0.25, 0.3) is 0 Å². The fraction of sp³-hybridized carbons (Fsp3) is 0.0714. The molecule has 0 radical (unpaired) electrons. The first-order chi connectivity index (χ1) is 8.63. The minimum absolute atomic E-state index is 0.511. The molecule has 0 saturated heterocycles. The largest absolute Gasteiger partial charge is 0.357 e. The van der Waals surface area contributed by atoms with Crippen LogP contribution in [-0.2, 0) is 0 Å². The summed E-state index contributed by atoms with van der Waals surface area (Å²) < 4.78 is 0. The Labute approximate surface area is 116 Å². The highest BCUT2D eigenvalue weighted by molar-refractivity contribution is 6.34. The van der Waals surface area contributed by atoms with E-state index in [0.29, 0.717) is 15.8 Å². The molecule has 0 spiro atoms. The molecule has 18 heavy (non-hydrogen) atoms. The van der Waals surface area contributed by atoms with E-state index in [1.807, 2.05) is 31.2 Å². The summed E-state index contributed by atoms with van der Waals surface area (Å²) in [5.74, 6) is 0.511. The smallest absolute Gasteiger partial charge is 0.160 e. The third kappa shape index (κ3) is 3.76. The molecular weight excluding hydrogens is 269 g/mol. The number of halogens is 2. The Balaban J connectivity index is 2.07. The van der Waals surface area contributed by atoms with Crippen molar-refractivity contribution in [3.05, 3.63) is 63.6 Å². The lowest BCUT2D eigenvalue weighted by atomic mass is 10.2. The van der Waals surface area contributed by atoms with Gasteiger partial charge in [-0.25, -0.2) is 0 Å². The monoisotopic (exact) mass is 279 g/mol. The molecule has 0 heterocycles. The molecule has 0 aliphatic rings. The minimum Gasteiger partial charge on any atom is -0.357 e. The van der Waals surface area contributed by atoms with Crippen LogP contribution in [0.5, 0.6) is 5.75 Å². The second-order valence-corrected chi connectivity index (χ2v) is 4.72. The molecule has 0 aliphatic heterocycles. The van der Waals surface area contributed by atoms with Gasteiger partial charge >= 0.3 is 0 Å². The first kappa shape index (κ1) is 12.9. The molecule has 2 aromatic rings. The van der Waals surface area contributed by atoms with Crippen LogP contribution in [0, 0.1) is 6.92 Å². The number of rotatable bonds is 3. The normalized spacial score (nSPS) is 10.8. The van der Waals surface area contributed by atoms with E-state index in [2.05, 4.69) is 5.16 Å². The summed E-state index contributed by atoms with van der Waals surface area (Å²) in [4.78, 5) is 5.21. The summed E-state index contributed by atoms with van der Waals surface area (Å²) in [5, 5.41) is 4.93. The van der Waals surface area contributed by atoms with Crippen LogP contribution in [0.4, 0.5) is 0 Å². The molecule has 0 N–H and O–H groups in total. The second kappa shape index (κ2) is 5.89. The molecule has 0 amide bonds. The van der Waals surface area contributed by atoms with Crippen molar-refractivity contribution in [1.82, 2.24) is 0 Å². The van der Waals surface area contributed by atoms with Crippen LogP contribution in [0.3, 0.4) is 0 Å². The van der Waals surface area contributed by atoms with Crippen molar-refractivity contribution >= 4 is 29.4 Å².